The Morgan fingerprint density at radius 1 is 1.06 bits per heavy atom. The molecule has 1 aromatic carbocycles. The van der Waals surface area contributed by atoms with Gasteiger partial charge in [0.1, 0.15) is 6.35 Å². The normalized spacial score (nSPS) is 11.6. The first kappa shape index (κ1) is 14.4. The predicted octanol–water partition coefficient (Wildman–Crippen LogP) is 3.43. The van der Waals surface area contributed by atoms with Gasteiger partial charge < -0.3 is 13.8 Å². The fourth-order valence-corrected chi connectivity index (χ4v) is 2.68. The average Bonchev–Trinajstić information content (AvgIpc) is 2.31. The number of rotatable bonds is 8. The summed E-state index contributed by atoms with van der Waals surface area (Å²) in [5, 5.41) is 0. The minimum atomic E-state index is -3.08. The molecule has 0 amide bonds. The van der Waals surface area contributed by atoms with Crippen LogP contribution in [0.25, 0.3) is 0 Å². The smallest absolute Gasteiger partial charge is 0.356 e. The molecule has 1 aromatic rings. The molecule has 0 bridgehead atoms. The number of ether oxygens (including phenoxy) is 1. The van der Waals surface area contributed by atoms with Crippen LogP contribution in [0.4, 0.5) is 0 Å². The number of benzene rings is 1. The summed E-state index contributed by atoms with van der Waals surface area (Å²) in [5.41, 5.74) is 1.03. The molecular formula is C12H19O4P. The molecule has 0 saturated heterocycles. The first-order valence-corrected chi connectivity index (χ1v) is 7.43. The fraction of sp³-hybridized carbons (Fsp3) is 0.500. The molecule has 1 rings (SSSR count). The Kier molecular flexibility index (Phi) is 6.45. The number of hydrogen-bond acceptors (Lipinski definition) is 4. The van der Waals surface area contributed by atoms with Crippen LogP contribution in [0.2, 0.25) is 0 Å². The molecule has 96 valence electrons. The summed E-state index contributed by atoms with van der Waals surface area (Å²) in [7, 11) is -3.08. The van der Waals surface area contributed by atoms with E-state index >= 15 is 0 Å². The molecule has 0 heterocycles. The molecular weight excluding hydrogens is 239 g/mol. The summed E-state index contributed by atoms with van der Waals surface area (Å²) >= 11 is 0. The molecule has 0 atom stereocenters. The zero-order valence-electron chi connectivity index (χ0n) is 10.3. The Hall–Kier alpha value is -0.670. The van der Waals surface area contributed by atoms with Gasteiger partial charge in [0.25, 0.3) is 0 Å². The summed E-state index contributed by atoms with van der Waals surface area (Å²) in [6.45, 7) is 4.68. The third kappa shape index (κ3) is 5.46. The van der Waals surface area contributed by atoms with Gasteiger partial charge in [0, 0.05) is 0 Å². The van der Waals surface area contributed by atoms with Crippen molar-refractivity contribution in [3.63, 3.8) is 0 Å². The molecule has 0 saturated carbocycles. The van der Waals surface area contributed by atoms with Crippen LogP contribution in [0.3, 0.4) is 0 Å². The van der Waals surface area contributed by atoms with E-state index in [1.165, 1.54) is 0 Å². The molecule has 0 radical (unpaired) electrons. The highest BCUT2D eigenvalue weighted by atomic mass is 31.2. The summed E-state index contributed by atoms with van der Waals surface area (Å²) in [6, 6.07) is 9.71. The molecule has 4 nitrogen and oxygen atoms in total. The minimum absolute atomic E-state index is 0.0103. The summed E-state index contributed by atoms with van der Waals surface area (Å²) in [4.78, 5) is 0. The Morgan fingerprint density at radius 2 is 1.65 bits per heavy atom. The molecule has 17 heavy (non-hydrogen) atoms. The summed E-state index contributed by atoms with van der Waals surface area (Å²) in [5.74, 6) is 0. The highest BCUT2D eigenvalue weighted by molar-refractivity contribution is 7.53. The van der Waals surface area contributed by atoms with Crippen molar-refractivity contribution >= 4 is 7.60 Å². The maximum absolute atomic E-state index is 12.0. The van der Waals surface area contributed by atoms with Crippen LogP contribution in [0.15, 0.2) is 30.3 Å². The molecule has 5 heteroatoms. The van der Waals surface area contributed by atoms with E-state index in [-0.39, 0.29) is 6.35 Å². The average molecular weight is 258 g/mol. The van der Waals surface area contributed by atoms with Gasteiger partial charge in [0.2, 0.25) is 0 Å². The molecule has 0 fully saturated rings. The molecule has 0 N–H and O–H groups in total. The Morgan fingerprint density at radius 3 is 2.18 bits per heavy atom. The third-order valence-corrected chi connectivity index (χ3v) is 3.81. The zero-order chi connectivity index (χ0) is 12.6. The fourth-order valence-electron chi connectivity index (χ4n) is 1.35. The van der Waals surface area contributed by atoms with Crippen molar-refractivity contribution in [2.24, 2.45) is 0 Å². The first-order valence-electron chi connectivity index (χ1n) is 5.70. The second kappa shape index (κ2) is 7.62. The molecule has 0 unspecified atom stereocenters. The van der Waals surface area contributed by atoms with Gasteiger partial charge in [0.15, 0.2) is 0 Å². The van der Waals surface area contributed by atoms with E-state index < -0.39 is 7.60 Å². The van der Waals surface area contributed by atoms with E-state index in [2.05, 4.69) is 0 Å². The van der Waals surface area contributed by atoms with Crippen molar-refractivity contribution in [3.05, 3.63) is 35.9 Å². The van der Waals surface area contributed by atoms with Crippen molar-refractivity contribution in [1.82, 2.24) is 0 Å². The van der Waals surface area contributed by atoms with E-state index in [0.29, 0.717) is 19.8 Å². The van der Waals surface area contributed by atoms with Crippen LogP contribution in [-0.4, -0.2) is 19.6 Å². The van der Waals surface area contributed by atoms with Crippen molar-refractivity contribution in [2.75, 3.05) is 19.6 Å². The van der Waals surface area contributed by atoms with Crippen molar-refractivity contribution in [3.8, 4) is 0 Å². The molecule has 0 aliphatic rings. The van der Waals surface area contributed by atoms with E-state index in [9.17, 15) is 4.57 Å². The van der Waals surface area contributed by atoms with Crippen LogP contribution < -0.4 is 0 Å². The molecule has 0 aromatic heterocycles. The Bertz CT molecular complexity index is 343. The maximum atomic E-state index is 12.0. The zero-order valence-corrected chi connectivity index (χ0v) is 11.2. The molecule has 0 aliphatic carbocycles. The van der Waals surface area contributed by atoms with Crippen molar-refractivity contribution in [2.45, 2.75) is 20.5 Å². The van der Waals surface area contributed by atoms with E-state index in [1.54, 1.807) is 13.8 Å². The first-order chi connectivity index (χ1) is 8.20. The maximum Gasteiger partial charge on any atom is 0.356 e. The second-order valence-corrected chi connectivity index (χ2v) is 5.41. The lowest BCUT2D eigenvalue weighted by Gasteiger charge is -2.16. The van der Waals surface area contributed by atoms with Crippen LogP contribution in [0, 0.1) is 0 Å². The van der Waals surface area contributed by atoms with Crippen molar-refractivity contribution in [1.29, 1.82) is 0 Å². The van der Waals surface area contributed by atoms with E-state index in [1.807, 2.05) is 30.3 Å². The Balaban J connectivity index is 2.40. The lowest BCUT2D eigenvalue weighted by Crippen LogP contribution is -2.03. The summed E-state index contributed by atoms with van der Waals surface area (Å²) < 4.78 is 27.6. The third-order valence-electron chi connectivity index (χ3n) is 2.01. The quantitative estimate of drug-likeness (QED) is 0.670. The highest BCUT2D eigenvalue weighted by Gasteiger charge is 2.23. The lowest BCUT2D eigenvalue weighted by molar-refractivity contribution is 0.123. The van der Waals surface area contributed by atoms with Crippen molar-refractivity contribution < 1.29 is 18.3 Å². The lowest BCUT2D eigenvalue weighted by atomic mass is 10.2. The van der Waals surface area contributed by atoms with Gasteiger partial charge in [-0.25, -0.2) is 0 Å². The molecule has 0 spiro atoms. The van der Waals surface area contributed by atoms with Gasteiger partial charge in [-0.1, -0.05) is 30.3 Å². The van der Waals surface area contributed by atoms with E-state index in [4.69, 9.17) is 13.8 Å². The van der Waals surface area contributed by atoms with Gasteiger partial charge in [-0.2, -0.15) is 0 Å². The van der Waals surface area contributed by atoms with Crippen LogP contribution in [0.1, 0.15) is 19.4 Å². The van der Waals surface area contributed by atoms with E-state index in [0.717, 1.165) is 5.56 Å². The minimum Gasteiger partial charge on any atom is -0.364 e. The largest absolute Gasteiger partial charge is 0.364 e. The number of hydrogen-bond donors (Lipinski definition) is 0. The van der Waals surface area contributed by atoms with Crippen LogP contribution in [0.5, 0.6) is 0 Å². The van der Waals surface area contributed by atoms with Crippen LogP contribution >= 0.6 is 7.60 Å². The Labute approximate surface area is 102 Å². The van der Waals surface area contributed by atoms with Gasteiger partial charge in [0.05, 0.1) is 19.8 Å². The monoisotopic (exact) mass is 258 g/mol. The van der Waals surface area contributed by atoms with Gasteiger partial charge >= 0.3 is 7.60 Å². The standard InChI is InChI=1S/C12H19O4P/c1-3-15-17(13,16-4-2)11-14-10-12-8-6-5-7-9-12/h5-9H,3-4,10-11H2,1-2H3. The molecule has 0 aliphatic heterocycles. The van der Waals surface area contributed by atoms with Gasteiger partial charge in [-0.3, -0.25) is 4.57 Å². The highest BCUT2D eigenvalue weighted by Crippen LogP contribution is 2.47. The van der Waals surface area contributed by atoms with Gasteiger partial charge in [-0.15, -0.1) is 0 Å². The summed E-state index contributed by atoms with van der Waals surface area (Å²) in [6.07, 6.45) is -0.0103. The van der Waals surface area contributed by atoms with Gasteiger partial charge in [-0.05, 0) is 19.4 Å². The topological polar surface area (TPSA) is 44.8 Å². The van der Waals surface area contributed by atoms with Crippen LogP contribution in [-0.2, 0) is 25.0 Å². The second-order valence-electron chi connectivity index (χ2n) is 3.41. The predicted molar refractivity (Wildman–Crippen MR) is 67.0 cm³/mol. The SMILES string of the molecule is CCOP(=O)(COCc1ccccc1)OCC.